The summed E-state index contributed by atoms with van der Waals surface area (Å²) >= 11 is 0. The van der Waals surface area contributed by atoms with Crippen molar-refractivity contribution in [3.8, 4) is 0 Å². The number of alkyl halides is 3. The lowest BCUT2D eigenvalue weighted by Crippen LogP contribution is -2.41. The van der Waals surface area contributed by atoms with Crippen molar-refractivity contribution >= 4 is 0 Å². The van der Waals surface area contributed by atoms with Crippen LogP contribution in [0.2, 0.25) is 0 Å². The van der Waals surface area contributed by atoms with Gasteiger partial charge >= 0.3 is 6.18 Å². The third kappa shape index (κ3) is 3.85. The van der Waals surface area contributed by atoms with Gasteiger partial charge in [0.15, 0.2) is 0 Å². The van der Waals surface area contributed by atoms with Crippen molar-refractivity contribution in [1.29, 1.82) is 0 Å². The Morgan fingerprint density at radius 3 is 2.53 bits per heavy atom. The second kappa shape index (κ2) is 4.76. The molecule has 0 aromatic heterocycles. The van der Waals surface area contributed by atoms with Gasteiger partial charge in [0.25, 0.3) is 0 Å². The number of hydrogen-bond acceptors (Lipinski definition) is 2. The first-order valence-corrected chi connectivity index (χ1v) is 6.43. The molecule has 2 fully saturated rings. The zero-order chi connectivity index (χ0) is 12.6. The molecule has 3 unspecified atom stereocenters. The molecular formula is C12H21F3N2. The van der Waals surface area contributed by atoms with Gasteiger partial charge in [-0.1, -0.05) is 0 Å². The minimum absolute atomic E-state index is 0.225. The van der Waals surface area contributed by atoms with E-state index >= 15 is 0 Å². The van der Waals surface area contributed by atoms with Crippen molar-refractivity contribution in [2.45, 2.75) is 69.9 Å². The maximum atomic E-state index is 12.2. The average molecular weight is 250 g/mol. The SMILES string of the molecule is CC(CC(F)(F)F)NC1CC(C)N(C2CC2)C1. The molecule has 100 valence electrons. The second-order valence-corrected chi connectivity index (χ2v) is 5.60. The molecule has 1 saturated heterocycles. The molecule has 0 bridgehead atoms. The summed E-state index contributed by atoms with van der Waals surface area (Å²) in [5.41, 5.74) is 0. The van der Waals surface area contributed by atoms with Gasteiger partial charge in [-0.2, -0.15) is 13.2 Å². The van der Waals surface area contributed by atoms with E-state index in [9.17, 15) is 13.2 Å². The van der Waals surface area contributed by atoms with Crippen LogP contribution in [-0.2, 0) is 0 Å². The standard InChI is InChI=1S/C12H21F3N2/c1-8(6-12(13,14)15)16-10-5-9(2)17(7-10)11-3-4-11/h8-11,16H,3-7H2,1-2H3. The first-order chi connectivity index (χ1) is 7.85. The van der Waals surface area contributed by atoms with Gasteiger partial charge in [-0.05, 0) is 33.1 Å². The predicted octanol–water partition coefficient (Wildman–Crippen LogP) is 2.54. The Hall–Kier alpha value is -0.290. The highest BCUT2D eigenvalue weighted by molar-refractivity contribution is 4.96. The van der Waals surface area contributed by atoms with E-state index in [0.717, 1.165) is 13.0 Å². The minimum atomic E-state index is -4.06. The van der Waals surface area contributed by atoms with Crippen LogP contribution < -0.4 is 5.32 Å². The molecule has 2 aliphatic rings. The molecule has 1 aliphatic heterocycles. The molecule has 3 atom stereocenters. The Balaban J connectivity index is 1.76. The minimum Gasteiger partial charge on any atom is -0.310 e. The lowest BCUT2D eigenvalue weighted by Gasteiger charge is -2.21. The molecule has 1 aliphatic carbocycles. The van der Waals surface area contributed by atoms with Crippen molar-refractivity contribution in [3.63, 3.8) is 0 Å². The lowest BCUT2D eigenvalue weighted by atomic mass is 10.1. The monoisotopic (exact) mass is 250 g/mol. The smallest absolute Gasteiger partial charge is 0.310 e. The first-order valence-electron chi connectivity index (χ1n) is 6.43. The number of rotatable bonds is 4. The molecule has 0 aromatic rings. The van der Waals surface area contributed by atoms with Crippen LogP contribution in [-0.4, -0.2) is 41.8 Å². The molecular weight excluding hydrogens is 229 g/mol. The van der Waals surface area contributed by atoms with Crippen molar-refractivity contribution in [2.75, 3.05) is 6.54 Å². The second-order valence-electron chi connectivity index (χ2n) is 5.60. The molecule has 17 heavy (non-hydrogen) atoms. The van der Waals surface area contributed by atoms with Crippen LogP contribution in [0.3, 0.4) is 0 Å². The van der Waals surface area contributed by atoms with Crippen LogP contribution in [0.5, 0.6) is 0 Å². The van der Waals surface area contributed by atoms with Crippen LogP contribution in [0.4, 0.5) is 13.2 Å². The number of hydrogen-bond donors (Lipinski definition) is 1. The molecule has 1 heterocycles. The van der Waals surface area contributed by atoms with E-state index in [1.54, 1.807) is 6.92 Å². The summed E-state index contributed by atoms with van der Waals surface area (Å²) in [6.45, 7) is 4.71. The van der Waals surface area contributed by atoms with Crippen molar-refractivity contribution in [1.82, 2.24) is 10.2 Å². The predicted molar refractivity (Wildman–Crippen MR) is 60.9 cm³/mol. The van der Waals surface area contributed by atoms with Crippen molar-refractivity contribution in [3.05, 3.63) is 0 Å². The van der Waals surface area contributed by atoms with E-state index in [2.05, 4.69) is 17.1 Å². The third-order valence-corrected chi connectivity index (χ3v) is 3.70. The number of halogens is 3. The summed E-state index contributed by atoms with van der Waals surface area (Å²) in [6, 6.07) is 0.960. The summed E-state index contributed by atoms with van der Waals surface area (Å²) in [4.78, 5) is 2.44. The zero-order valence-corrected chi connectivity index (χ0v) is 10.4. The normalized spacial score (nSPS) is 33.0. The fourth-order valence-corrected chi connectivity index (χ4v) is 2.90. The first kappa shape index (κ1) is 13.1. The Bertz CT molecular complexity index is 263. The Kier molecular flexibility index (Phi) is 3.69. The zero-order valence-electron chi connectivity index (χ0n) is 10.4. The van der Waals surface area contributed by atoms with Crippen molar-refractivity contribution in [2.24, 2.45) is 0 Å². The quantitative estimate of drug-likeness (QED) is 0.825. The molecule has 5 heteroatoms. The van der Waals surface area contributed by atoms with E-state index in [1.807, 2.05) is 0 Å². The summed E-state index contributed by atoms with van der Waals surface area (Å²) in [5, 5.41) is 3.12. The molecule has 0 radical (unpaired) electrons. The molecule has 0 amide bonds. The molecule has 1 N–H and O–H groups in total. The van der Waals surface area contributed by atoms with Crippen molar-refractivity contribution < 1.29 is 13.2 Å². The fraction of sp³-hybridized carbons (Fsp3) is 1.00. The van der Waals surface area contributed by atoms with Crippen LogP contribution >= 0.6 is 0 Å². The van der Waals surface area contributed by atoms with Crippen LogP contribution in [0, 0.1) is 0 Å². The summed E-state index contributed by atoms with van der Waals surface area (Å²) in [5.74, 6) is 0. The van der Waals surface area contributed by atoms with Gasteiger partial charge in [0.1, 0.15) is 0 Å². The largest absolute Gasteiger partial charge is 0.390 e. The van der Waals surface area contributed by atoms with Crippen LogP contribution in [0.1, 0.15) is 39.5 Å². The van der Waals surface area contributed by atoms with E-state index in [-0.39, 0.29) is 6.04 Å². The summed E-state index contributed by atoms with van der Waals surface area (Å²) in [7, 11) is 0. The maximum absolute atomic E-state index is 12.2. The summed E-state index contributed by atoms with van der Waals surface area (Å²) < 4.78 is 36.7. The van der Waals surface area contributed by atoms with Gasteiger partial charge < -0.3 is 5.32 Å². The van der Waals surface area contributed by atoms with Gasteiger partial charge in [0.2, 0.25) is 0 Å². The van der Waals surface area contributed by atoms with E-state index in [4.69, 9.17) is 0 Å². The van der Waals surface area contributed by atoms with Gasteiger partial charge in [-0.3, -0.25) is 4.90 Å². The fourth-order valence-electron chi connectivity index (χ4n) is 2.90. The third-order valence-electron chi connectivity index (χ3n) is 3.70. The van der Waals surface area contributed by atoms with Gasteiger partial charge in [0.05, 0.1) is 6.42 Å². The van der Waals surface area contributed by atoms with Crippen LogP contribution in [0.25, 0.3) is 0 Å². The van der Waals surface area contributed by atoms with Crippen LogP contribution in [0.15, 0.2) is 0 Å². The topological polar surface area (TPSA) is 15.3 Å². The Labute approximate surface area is 101 Å². The molecule has 2 rings (SSSR count). The number of nitrogens with zero attached hydrogens (tertiary/aromatic N) is 1. The van der Waals surface area contributed by atoms with Gasteiger partial charge in [-0.15, -0.1) is 0 Å². The molecule has 1 saturated carbocycles. The van der Waals surface area contributed by atoms with Gasteiger partial charge in [-0.25, -0.2) is 0 Å². The molecule has 0 spiro atoms. The highest BCUT2D eigenvalue weighted by Crippen LogP contribution is 2.33. The van der Waals surface area contributed by atoms with E-state index in [1.165, 1.54) is 12.8 Å². The van der Waals surface area contributed by atoms with E-state index < -0.39 is 18.6 Å². The molecule has 0 aromatic carbocycles. The van der Waals surface area contributed by atoms with E-state index in [0.29, 0.717) is 12.1 Å². The summed E-state index contributed by atoms with van der Waals surface area (Å²) in [6.07, 6.45) is -1.31. The lowest BCUT2D eigenvalue weighted by molar-refractivity contribution is -0.139. The average Bonchev–Trinajstić information content (AvgIpc) is 2.89. The highest BCUT2D eigenvalue weighted by Gasteiger charge is 2.39. The number of likely N-dealkylation sites (tertiary alicyclic amines) is 1. The number of nitrogens with one attached hydrogen (secondary N) is 1. The maximum Gasteiger partial charge on any atom is 0.390 e. The Morgan fingerprint density at radius 1 is 1.35 bits per heavy atom. The van der Waals surface area contributed by atoms with Gasteiger partial charge in [0, 0.05) is 30.7 Å². The Morgan fingerprint density at radius 2 is 2.00 bits per heavy atom. The highest BCUT2D eigenvalue weighted by atomic mass is 19.4. The molecule has 2 nitrogen and oxygen atoms in total.